The molecule has 5 unspecified atom stereocenters. The average Bonchev–Trinajstić information content (AvgIpc) is 3.01. The molecule has 2 nitrogen and oxygen atoms in total. The summed E-state index contributed by atoms with van der Waals surface area (Å²) in [5.74, 6) is 1.79. The van der Waals surface area contributed by atoms with Crippen LogP contribution in [0.15, 0.2) is 66.1 Å². The summed E-state index contributed by atoms with van der Waals surface area (Å²) < 4.78 is 0. The van der Waals surface area contributed by atoms with E-state index in [0.29, 0.717) is 17.8 Å². The standard InChI is InChI=1S/C25H27NO/c1-16-13-19-21-7-6-20(17-5-4-12-26-15-17)24(21,2)11-9-22(19)25(3)10-8-18(27)14-23(16)25/h4-8,10,12,14-16,19,22H,9,11,13H2,1-3H3. The lowest BCUT2D eigenvalue weighted by molar-refractivity contribution is -0.110. The minimum atomic E-state index is 0.0233. The van der Waals surface area contributed by atoms with Crippen molar-refractivity contribution in [2.24, 2.45) is 28.6 Å². The lowest BCUT2D eigenvalue weighted by Gasteiger charge is -2.56. The van der Waals surface area contributed by atoms with Gasteiger partial charge in [0.05, 0.1) is 0 Å². The highest BCUT2D eigenvalue weighted by Crippen LogP contribution is 2.65. The highest BCUT2D eigenvalue weighted by atomic mass is 16.1. The van der Waals surface area contributed by atoms with Gasteiger partial charge in [-0.2, -0.15) is 0 Å². The van der Waals surface area contributed by atoms with E-state index in [1.807, 2.05) is 24.5 Å². The first-order valence-corrected chi connectivity index (χ1v) is 10.2. The van der Waals surface area contributed by atoms with E-state index in [-0.39, 0.29) is 16.6 Å². The number of hydrogen-bond donors (Lipinski definition) is 0. The first-order chi connectivity index (χ1) is 12.9. The van der Waals surface area contributed by atoms with E-state index >= 15 is 0 Å². The highest BCUT2D eigenvalue weighted by molar-refractivity contribution is 6.01. The SMILES string of the molecule is CC1CC2C3=CC=C(c4cccnc4)C3(C)CCC2C2(C)C=CC(=O)C=C12. The zero-order valence-electron chi connectivity index (χ0n) is 16.4. The number of hydrogen-bond acceptors (Lipinski definition) is 2. The minimum Gasteiger partial charge on any atom is -0.290 e. The van der Waals surface area contributed by atoms with Crippen molar-refractivity contribution in [2.45, 2.75) is 40.0 Å². The third kappa shape index (κ3) is 2.25. The summed E-state index contributed by atoms with van der Waals surface area (Å²) >= 11 is 0. The molecule has 0 amide bonds. The first kappa shape index (κ1) is 16.9. The van der Waals surface area contributed by atoms with Gasteiger partial charge in [-0.1, -0.05) is 56.2 Å². The van der Waals surface area contributed by atoms with Crippen molar-refractivity contribution < 1.29 is 4.79 Å². The maximum absolute atomic E-state index is 12.0. The van der Waals surface area contributed by atoms with Crippen LogP contribution in [0.5, 0.6) is 0 Å². The molecule has 1 heterocycles. The third-order valence-electron chi connectivity index (χ3n) is 7.90. The number of carbonyl (C=O) groups is 1. The summed E-state index contributed by atoms with van der Waals surface area (Å²) in [5.41, 5.74) is 5.79. The van der Waals surface area contributed by atoms with Gasteiger partial charge in [0.15, 0.2) is 5.78 Å². The Hall–Kier alpha value is -2.22. The predicted molar refractivity (Wildman–Crippen MR) is 109 cm³/mol. The smallest absolute Gasteiger partial charge is 0.178 e. The van der Waals surface area contributed by atoms with E-state index in [0.717, 1.165) is 6.42 Å². The fraction of sp³-hybridized carbons (Fsp3) is 0.440. The number of carbonyl (C=O) groups excluding carboxylic acids is 1. The molecule has 4 aliphatic carbocycles. The Morgan fingerprint density at radius 2 is 2.04 bits per heavy atom. The first-order valence-electron chi connectivity index (χ1n) is 10.2. The largest absolute Gasteiger partial charge is 0.290 e. The topological polar surface area (TPSA) is 30.0 Å². The molecule has 1 aromatic heterocycles. The molecule has 138 valence electrons. The fourth-order valence-electron chi connectivity index (χ4n) is 6.54. The van der Waals surface area contributed by atoms with Gasteiger partial charge in [-0.15, -0.1) is 0 Å². The molecule has 0 aliphatic heterocycles. The van der Waals surface area contributed by atoms with E-state index < -0.39 is 0 Å². The van der Waals surface area contributed by atoms with Gasteiger partial charge in [0.1, 0.15) is 0 Å². The Bertz CT molecular complexity index is 934. The van der Waals surface area contributed by atoms with Crippen LogP contribution >= 0.6 is 0 Å². The number of rotatable bonds is 1. The van der Waals surface area contributed by atoms with Crippen LogP contribution in [0, 0.1) is 28.6 Å². The zero-order valence-corrected chi connectivity index (χ0v) is 16.4. The normalized spacial score (nSPS) is 39.7. The van der Waals surface area contributed by atoms with Crippen molar-refractivity contribution >= 4 is 11.4 Å². The Kier molecular flexibility index (Phi) is 3.53. The van der Waals surface area contributed by atoms with E-state index in [1.165, 1.54) is 29.6 Å². The molecule has 5 rings (SSSR count). The second-order valence-corrected chi connectivity index (χ2v) is 9.28. The Morgan fingerprint density at radius 1 is 1.19 bits per heavy atom. The van der Waals surface area contributed by atoms with E-state index in [4.69, 9.17) is 0 Å². The van der Waals surface area contributed by atoms with Crippen LogP contribution in [0.3, 0.4) is 0 Å². The quantitative estimate of drug-likeness (QED) is 0.659. The Balaban J connectivity index is 1.54. The summed E-state index contributed by atoms with van der Waals surface area (Å²) in [6, 6.07) is 4.22. The van der Waals surface area contributed by atoms with Crippen LogP contribution in [0.1, 0.15) is 45.6 Å². The molecule has 27 heavy (non-hydrogen) atoms. The fourth-order valence-corrected chi connectivity index (χ4v) is 6.54. The summed E-state index contributed by atoms with van der Waals surface area (Å²) in [4.78, 5) is 16.4. The Labute approximate surface area is 161 Å². The van der Waals surface area contributed by atoms with Gasteiger partial charge in [-0.05, 0) is 66.4 Å². The number of allylic oxidation sites excluding steroid dienone is 8. The molecule has 0 spiro atoms. The van der Waals surface area contributed by atoms with Gasteiger partial charge >= 0.3 is 0 Å². The summed E-state index contributed by atoms with van der Waals surface area (Å²) in [5, 5.41) is 0. The minimum absolute atomic E-state index is 0.0233. The maximum atomic E-state index is 12.0. The van der Waals surface area contributed by atoms with Crippen LogP contribution in [0.25, 0.3) is 5.57 Å². The van der Waals surface area contributed by atoms with Crippen molar-refractivity contribution in [2.75, 3.05) is 0 Å². The number of aromatic nitrogens is 1. The molecule has 0 radical (unpaired) electrons. The molecule has 5 atom stereocenters. The molecule has 1 aromatic rings. The van der Waals surface area contributed by atoms with Gasteiger partial charge in [-0.3, -0.25) is 9.78 Å². The third-order valence-corrected chi connectivity index (χ3v) is 7.90. The summed E-state index contributed by atoms with van der Waals surface area (Å²) in [7, 11) is 0. The molecule has 0 N–H and O–H groups in total. The summed E-state index contributed by atoms with van der Waals surface area (Å²) in [6.07, 6.45) is 18.1. The predicted octanol–water partition coefficient (Wildman–Crippen LogP) is 5.55. The lowest BCUT2D eigenvalue weighted by Crippen LogP contribution is -2.48. The number of fused-ring (bicyclic) bond motifs is 5. The molecular formula is C25H27NO. The molecular weight excluding hydrogens is 330 g/mol. The Morgan fingerprint density at radius 3 is 2.81 bits per heavy atom. The molecule has 0 saturated heterocycles. The number of pyridine rings is 1. The molecule has 2 heteroatoms. The molecule has 2 fully saturated rings. The molecule has 4 aliphatic rings. The average molecular weight is 357 g/mol. The van der Waals surface area contributed by atoms with E-state index in [9.17, 15) is 4.79 Å². The second kappa shape index (κ2) is 5.64. The van der Waals surface area contributed by atoms with E-state index in [1.54, 1.807) is 11.6 Å². The van der Waals surface area contributed by atoms with Gasteiger partial charge in [-0.25, -0.2) is 0 Å². The van der Waals surface area contributed by atoms with Crippen molar-refractivity contribution in [3.05, 3.63) is 71.6 Å². The van der Waals surface area contributed by atoms with Crippen molar-refractivity contribution in [3.63, 3.8) is 0 Å². The van der Waals surface area contributed by atoms with E-state index in [2.05, 4.69) is 50.0 Å². The van der Waals surface area contributed by atoms with Crippen LogP contribution < -0.4 is 0 Å². The van der Waals surface area contributed by atoms with Gasteiger partial charge in [0.2, 0.25) is 0 Å². The van der Waals surface area contributed by atoms with Gasteiger partial charge in [0.25, 0.3) is 0 Å². The zero-order chi connectivity index (χ0) is 18.8. The number of nitrogens with zero attached hydrogens (tertiary/aromatic N) is 1. The second-order valence-electron chi connectivity index (χ2n) is 9.28. The van der Waals surface area contributed by atoms with Crippen LogP contribution in [0.2, 0.25) is 0 Å². The lowest BCUT2D eigenvalue weighted by atomic mass is 9.47. The van der Waals surface area contributed by atoms with Crippen LogP contribution in [0.4, 0.5) is 0 Å². The van der Waals surface area contributed by atoms with Gasteiger partial charge < -0.3 is 0 Å². The molecule has 0 aromatic carbocycles. The van der Waals surface area contributed by atoms with Crippen molar-refractivity contribution in [3.8, 4) is 0 Å². The van der Waals surface area contributed by atoms with Crippen molar-refractivity contribution in [1.29, 1.82) is 0 Å². The van der Waals surface area contributed by atoms with Crippen LogP contribution in [-0.4, -0.2) is 10.8 Å². The molecule has 0 bridgehead atoms. The monoisotopic (exact) mass is 357 g/mol. The summed E-state index contributed by atoms with van der Waals surface area (Å²) in [6.45, 7) is 7.10. The maximum Gasteiger partial charge on any atom is 0.178 e. The van der Waals surface area contributed by atoms with Gasteiger partial charge in [0, 0.05) is 23.2 Å². The number of ketones is 1. The van der Waals surface area contributed by atoms with Crippen LogP contribution in [-0.2, 0) is 4.79 Å². The van der Waals surface area contributed by atoms with Crippen molar-refractivity contribution in [1.82, 2.24) is 4.98 Å². The highest BCUT2D eigenvalue weighted by Gasteiger charge is 2.55. The molecule has 2 saturated carbocycles.